The van der Waals surface area contributed by atoms with Gasteiger partial charge in [0.15, 0.2) is 0 Å². The van der Waals surface area contributed by atoms with E-state index in [1.807, 2.05) is 12.1 Å². The second-order valence-corrected chi connectivity index (χ2v) is 6.14. The summed E-state index contributed by atoms with van der Waals surface area (Å²) in [6.45, 7) is 4.22. The highest BCUT2D eigenvalue weighted by atomic mass is 32.2. The molecule has 0 spiro atoms. The smallest absolute Gasteiger partial charge is 0.0368 e. The lowest BCUT2D eigenvalue weighted by Crippen LogP contribution is -2.46. The second kappa shape index (κ2) is 6.31. The molecule has 2 aromatic rings. The van der Waals surface area contributed by atoms with Gasteiger partial charge in [-0.1, -0.05) is 0 Å². The largest absolute Gasteiger partial charge is 0.399 e. The van der Waals surface area contributed by atoms with Crippen molar-refractivity contribution in [2.45, 2.75) is 4.90 Å². The molecule has 0 amide bonds. The average molecular weight is 299 g/mol. The van der Waals surface area contributed by atoms with Crippen molar-refractivity contribution < 1.29 is 0 Å². The van der Waals surface area contributed by atoms with E-state index in [1.165, 1.54) is 16.3 Å². The molecular weight excluding hydrogens is 278 g/mol. The predicted molar refractivity (Wildman–Crippen MR) is 93.5 cm³/mol. The van der Waals surface area contributed by atoms with Crippen LogP contribution in [0.2, 0.25) is 0 Å². The molecule has 0 unspecified atom stereocenters. The maximum atomic E-state index is 5.75. The van der Waals surface area contributed by atoms with Gasteiger partial charge in [-0.3, -0.25) is 0 Å². The van der Waals surface area contributed by atoms with Crippen LogP contribution in [0.25, 0.3) is 0 Å². The van der Waals surface area contributed by atoms with Crippen LogP contribution in [0, 0.1) is 0 Å². The number of anilines is 3. The first-order valence-electron chi connectivity index (χ1n) is 7.26. The molecule has 0 radical (unpaired) electrons. The van der Waals surface area contributed by atoms with Crippen LogP contribution in [0.1, 0.15) is 0 Å². The molecule has 1 saturated heterocycles. The summed E-state index contributed by atoms with van der Waals surface area (Å²) in [7, 11) is 0. The van der Waals surface area contributed by atoms with E-state index in [9.17, 15) is 0 Å². The van der Waals surface area contributed by atoms with Crippen LogP contribution in [0.3, 0.4) is 0 Å². The maximum absolute atomic E-state index is 5.75. The van der Waals surface area contributed by atoms with Crippen LogP contribution >= 0.6 is 11.8 Å². The summed E-state index contributed by atoms with van der Waals surface area (Å²) in [4.78, 5) is 6.20. The summed E-state index contributed by atoms with van der Waals surface area (Å²) in [5, 5.41) is 0. The molecule has 1 fully saturated rings. The zero-order valence-corrected chi connectivity index (χ0v) is 13.1. The van der Waals surface area contributed by atoms with Gasteiger partial charge in [0, 0.05) is 48.1 Å². The van der Waals surface area contributed by atoms with Gasteiger partial charge in [-0.2, -0.15) is 0 Å². The molecule has 21 heavy (non-hydrogen) atoms. The zero-order chi connectivity index (χ0) is 14.7. The summed E-state index contributed by atoms with van der Waals surface area (Å²) < 4.78 is 0. The summed E-state index contributed by atoms with van der Waals surface area (Å²) in [5.41, 5.74) is 9.16. The van der Waals surface area contributed by atoms with Crippen molar-refractivity contribution in [2.24, 2.45) is 0 Å². The number of nitrogens with two attached hydrogens (primary N) is 1. The Bertz CT molecular complexity index is 572. The van der Waals surface area contributed by atoms with Gasteiger partial charge in [0.05, 0.1) is 0 Å². The monoisotopic (exact) mass is 299 g/mol. The van der Waals surface area contributed by atoms with E-state index in [2.05, 4.69) is 52.5 Å². The van der Waals surface area contributed by atoms with Gasteiger partial charge >= 0.3 is 0 Å². The number of benzene rings is 2. The Hall–Kier alpha value is -1.81. The number of nitrogen functional groups attached to an aromatic ring is 1. The van der Waals surface area contributed by atoms with E-state index in [0.29, 0.717) is 0 Å². The average Bonchev–Trinajstić information content (AvgIpc) is 2.56. The highest BCUT2D eigenvalue weighted by Gasteiger charge is 2.17. The first-order valence-corrected chi connectivity index (χ1v) is 8.48. The normalized spacial score (nSPS) is 15.3. The van der Waals surface area contributed by atoms with Crippen LogP contribution in [-0.4, -0.2) is 32.4 Å². The number of hydrogen-bond acceptors (Lipinski definition) is 4. The van der Waals surface area contributed by atoms with Crippen molar-refractivity contribution in [3.63, 3.8) is 0 Å². The van der Waals surface area contributed by atoms with Gasteiger partial charge in [-0.25, -0.2) is 0 Å². The molecule has 110 valence electrons. The minimum atomic E-state index is 0.825. The van der Waals surface area contributed by atoms with Gasteiger partial charge in [0.1, 0.15) is 0 Å². The Kier molecular flexibility index (Phi) is 4.25. The molecule has 0 saturated carbocycles. The molecule has 3 nitrogen and oxygen atoms in total. The van der Waals surface area contributed by atoms with E-state index in [-0.39, 0.29) is 0 Å². The lowest BCUT2D eigenvalue weighted by molar-refractivity contribution is 0.653. The van der Waals surface area contributed by atoms with E-state index in [4.69, 9.17) is 5.73 Å². The van der Waals surface area contributed by atoms with Crippen LogP contribution in [0.15, 0.2) is 53.4 Å². The second-order valence-electron chi connectivity index (χ2n) is 5.26. The molecule has 3 rings (SSSR count). The van der Waals surface area contributed by atoms with Gasteiger partial charge in [-0.15, -0.1) is 11.8 Å². The summed E-state index contributed by atoms with van der Waals surface area (Å²) in [6.07, 6.45) is 2.11. The number of rotatable bonds is 3. The minimum absolute atomic E-state index is 0.825. The summed E-state index contributed by atoms with van der Waals surface area (Å²) >= 11 is 1.79. The standard InChI is InChI=1S/C17H21N3S/c1-21-17-8-6-16(7-9-17)20-12-10-19(11-13-20)15-4-2-14(18)3-5-15/h2-9H,10-13,18H2,1H3. The fourth-order valence-electron chi connectivity index (χ4n) is 2.70. The number of nitrogens with zero attached hydrogens (tertiary/aromatic N) is 2. The van der Waals surface area contributed by atoms with E-state index < -0.39 is 0 Å². The zero-order valence-electron chi connectivity index (χ0n) is 12.3. The number of hydrogen-bond donors (Lipinski definition) is 1. The maximum Gasteiger partial charge on any atom is 0.0368 e. The van der Waals surface area contributed by atoms with Crippen molar-refractivity contribution in [3.8, 4) is 0 Å². The van der Waals surface area contributed by atoms with E-state index in [1.54, 1.807) is 11.8 Å². The molecule has 0 bridgehead atoms. The van der Waals surface area contributed by atoms with Crippen molar-refractivity contribution >= 4 is 28.8 Å². The third-order valence-corrected chi connectivity index (χ3v) is 4.72. The number of piperazine rings is 1. The Morgan fingerprint density at radius 1 is 0.762 bits per heavy atom. The first-order chi connectivity index (χ1) is 10.3. The van der Waals surface area contributed by atoms with Crippen molar-refractivity contribution in [1.82, 2.24) is 0 Å². The van der Waals surface area contributed by atoms with Crippen molar-refractivity contribution in [1.29, 1.82) is 0 Å². The van der Waals surface area contributed by atoms with Gasteiger partial charge in [0.25, 0.3) is 0 Å². The fraction of sp³-hybridized carbons (Fsp3) is 0.294. The molecular formula is C17H21N3S. The molecule has 0 aromatic heterocycles. The first kappa shape index (κ1) is 14.1. The molecule has 0 atom stereocenters. The highest BCUT2D eigenvalue weighted by molar-refractivity contribution is 7.98. The SMILES string of the molecule is CSc1ccc(N2CCN(c3ccc(N)cc3)CC2)cc1. The Morgan fingerprint density at radius 2 is 1.19 bits per heavy atom. The van der Waals surface area contributed by atoms with Gasteiger partial charge in [0.2, 0.25) is 0 Å². The highest BCUT2D eigenvalue weighted by Crippen LogP contribution is 2.23. The molecule has 1 heterocycles. The quantitative estimate of drug-likeness (QED) is 0.696. The van der Waals surface area contributed by atoms with Gasteiger partial charge < -0.3 is 15.5 Å². The molecule has 0 aliphatic carbocycles. The van der Waals surface area contributed by atoms with Crippen LogP contribution in [0.4, 0.5) is 17.1 Å². The van der Waals surface area contributed by atoms with Gasteiger partial charge in [-0.05, 0) is 54.8 Å². The third kappa shape index (κ3) is 3.27. The summed E-state index contributed by atoms with van der Waals surface area (Å²) in [5.74, 6) is 0. The Balaban J connectivity index is 1.62. The van der Waals surface area contributed by atoms with Crippen molar-refractivity contribution in [3.05, 3.63) is 48.5 Å². The minimum Gasteiger partial charge on any atom is -0.399 e. The molecule has 1 aliphatic rings. The number of thioether (sulfide) groups is 1. The third-order valence-electron chi connectivity index (χ3n) is 3.98. The molecule has 2 N–H and O–H groups in total. The fourth-order valence-corrected chi connectivity index (χ4v) is 3.11. The molecule has 2 aromatic carbocycles. The lowest BCUT2D eigenvalue weighted by atomic mass is 10.2. The topological polar surface area (TPSA) is 32.5 Å². The van der Waals surface area contributed by atoms with E-state index >= 15 is 0 Å². The Morgan fingerprint density at radius 3 is 1.62 bits per heavy atom. The Labute approximate surface area is 130 Å². The molecule has 1 aliphatic heterocycles. The van der Waals surface area contributed by atoms with Crippen LogP contribution < -0.4 is 15.5 Å². The van der Waals surface area contributed by atoms with E-state index in [0.717, 1.165) is 31.9 Å². The molecule has 4 heteroatoms. The van der Waals surface area contributed by atoms with Crippen molar-refractivity contribution in [2.75, 3.05) is 48.0 Å². The van der Waals surface area contributed by atoms with Crippen LogP contribution in [-0.2, 0) is 0 Å². The summed E-state index contributed by atoms with van der Waals surface area (Å²) in [6, 6.07) is 17.0. The predicted octanol–water partition coefficient (Wildman–Crippen LogP) is 3.32. The van der Waals surface area contributed by atoms with Crippen LogP contribution in [0.5, 0.6) is 0 Å². The lowest BCUT2D eigenvalue weighted by Gasteiger charge is -2.37.